The number of rotatable bonds is 1. The standard InChI is InChI=1S/C6H13NO2/c1-7-3-2-6(9)5(7)4-8/h5-6,8-9H,2-4H2,1H3/t5-,6-/m0/s1. The Morgan fingerprint density at radius 1 is 1.67 bits per heavy atom. The van der Waals surface area contributed by atoms with E-state index < -0.39 is 0 Å². The molecule has 0 aromatic carbocycles. The topological polar surface area (TPSA) is 43.7 Å². The van der Waals surface area contributed by atoms with Crippen LogP contribution in [-0.4, -0.2) is 47.5 Å². The van der Waals surface area contributed by atoms with Gasteiger partial charge in [-0.3, -0.25) is 4.90 Å². The van der Waals surface area contributed by atoms with E-state index in [0.29, 0.717) is 0 Å². The van der Waals surface area contributed by atoms with Gasteiger partial charge in [-0.05, 0) is 13.5 Å². The molecule has 1 aliphatic heterocycles. The van der Waals surface area contributed by atoms with Gasteiger partial charge in [0.2, 0.25) is 0 Å². The largest absolute Gasteiger partial charge is 0.395 e. The second kappa shape index (κ2) is 2.64. The first kappa shape index (κ1) is 6.99. The van der Waals surface area contributed by atoms with E-state index >= 15 is 0 Å². The highest BCUT2D eigenvalue weighted by Gasteiger charge is 2.28. The Morgan fingerprint density at radius 2 is 2.33 bits per heavy atom. The summed E-state index contributed by atoms with van der Waals surface area (Å²) < 4.78 is 0. The predicted octanol–water partition coefficient (Wildman–Crippen LogP) is -0.956. The Hall–Kier alpha value is -0.120. The first-order valence-electron chi connectivity index (χ1n) is 3.25. The molecule has 54 valence electrons. The van der Waals surface area contributed by atoms with Crippen LogP contribution >= 0.6 is 0 Å². The molecule has 1 aliphatic rings. The van der Waals surface area contributed by atoms with Gasteiger partial charge in [-0.25, -0.2) is 0 Å². The highest BCUT2D eigenvalue weighted by atomic mass is 16.3. The number of aliphatic hydroxyl groups excluding tert-OH is 2. The van der Waals surface area contributed by atoms with Crippen LogP contribution in [0.2, 0.25) is 0 Å². The molecule has 0 aromatic rings. The van der Waals surface area contributed by atoms with Gasteiger partial charge >= 0.3 is 0 Å². The number of likely N-dealkylation sites (N-methyl/N-ethyl adjacent to an activating group) is 1. The lowest BCUT2D eigenvalue weighted by Gasteiger charge is -2.18. The summed E-state index contributed by atoms with van der Waals surface area (Å²) in [6.45, 7) is 0.962. The molecule has 0 bridgehead atoms. The molecule has 1 fully saturated rings. The van der Waals surface area contributed by atoms with E-state index in [1.54, 1.807) is 0 Å². The fourth-order valence-corrected chi connectivity index (χ4v) is 1.25. The third-order valence-electron chi connectivity index (χ3n) is 1.97. The second-order valence-electron chi connectivity index (χ2n) is 2.59. The van der Waals surface area contributed by atoms with Crippen molar-refractivity contribution in [3.8, 4) is 0 Å². The van der Waals surface area contributed by atoms with Gasteiger partial charge in [0.1, 0.15) is 0 Å². The fourth-order valence-electron chi connectivity index (χ4n) is 1.25. The van der Waals surface area contributed by atoms with Crippen molar-refractivity contribution >= 4 is 0 Å². The summed E-state index contributed by atoms with van der Waals surface area (Å²) in [5.74, 6) is 0. The number of hydrogen-bond donors (Lipinski definition) is 2. The average Bonchev–Trinajstić information content (AvgIpc) is 2.12. The lowest BCUT2D eigenvalue weighted by Crippen LogP contribution is -2.35. The minimum Gasteiger partial charge on any atom is -0.395 e. The maximum Gasteiger partial charge on any atom is 0.0729 e. The quantitative estimate of drug-likeness (QED) is 0.482. The van der Waals surface area contributed by atoms with Crippen LogP contribution in [-0.2, 0) is 0 Å². The number of nitrogens with zero attached hydrogens (tertiary/aromatic N) is 1. The third kappa shape index (κ3) is 1.23. The molecule has 2 atom stereocenters. The van der Waals surface area contributed by atoms with E-state index in [0.717, 1.165) is 13.0 Å². The normalized spacial score (nSPS) is 37.7. The molecule has 1 rings (SSSR count). The van der Waals surface area contributed by atoms with Gasteiger partial charge < -0.3 is 10.2 Å². The highest BCUT2D eigenvalue weighted by Crippen LogP contribution is 2.14. The van der Waals surface area contributed by atoms with Crippen LogP contribution in [0.15, 0.2) is 0 Å². The van der Waals surface area contributed by atoms with Crippen LogP contribution in [0.4, 0.5) is 0 Å². The van der Waals surface area contributed by atoms with Gasteiger partial charge in [-0.1, -0.05) is 0 Å². The van der Waals surface area contributed by atoms with Gasteiger partial charge in [-0.15, -0.1) is 0 Å². The van der Waals surface area contributed by atoms with Gasteiger partial charge in [0.15, 0.2) is 0 Å². The van der Waals surface area contributed by atoms with Gasteiger partial charge in [0, 0.05) is 6.54 Å². The molecule has 0 amide bonds. The zero-order valence-electron chi connectivity index (χ0n) is 5.62. The molecule has 3 nitrogen and oxygen atoms in total. The van der Waals surface area contributed by atoms with Crippen molar-refractivity contribution in [2.24, 2.45) is 0 Å². The molecule has 0 spiro atoms. The maximum atomic E-state index is 9.16. The van der Waals surface area contributed by atoms with Crippen molar-refractivity contribution in [1.29, 1.82) is 0 Å². The average molecular weight is 131 g/mol. The van der Waals surface area contributed by atoms with Crippen molar-refractivity contribution in [2.75, 3.05) is 20.2 Å². The molecule has 0 unspecified atom stereocenters. The summed E-state index contributed by atoms with van der Waals surface area (Å²) >= 11 is 0. The van der Waals surface area contributed by atoms with Crippen molar-refractivity contribution in [1.82, 2.24) is 4.90 Å². The first-order chi connectivity index (χ1) is 4.25. The van der Waals surface area contributed by atoms with Crippen molar-refractivity contribution < 1.29 is 10.2 Å². The predicted molar refractivity (Wildman–Crippen MR) is 34.1 cm³/mol. The summed E-state index contributed by atoms with van der Waals surface area (Å²) in [5, 5.41) is 17.9. The summed E-state index contributed by atoms with van der Waals surface area (Å²) in [5.41, 5.74) is 0. The second-order valence-corrected chi connectivity index (χ2v) is 2.59. The SMILES string of the molecule is CN1CC[C@H](O)[C@@H]1CO. The minimum absolute atomic E-state index is 0.0231. The van der Waals surface area contributed by atoms with E-state index in [2.05, 4.69) is 0 Å². The summed E-state index contributed by atoms with van der Waals surface area (Å²) in [4.78, 5) is 1.98. The number of likely N-dealkylation sites (tertiary alicyclic amines) is 1. The molecule has 0 radical (unpaired) electrons. The Morgan fingerprint density at radius 3 is 2.56 bits per heavy atom. The Labute approximate surface area is 54.9 Å². The number of hydrogen-bond acceptors (Lipinski definition) is 3. The van der Waals surface area contributed by atoms with E-state index in [1.807, 2.05) is 11.9 Å². The molecule has 0 saturated carbocycles. The van der Waals surface area contributed by atoms with Crippen LogP contribution in [0.3, 0.4) is 0 Å². The van der Waals surface area contributed by atoms with Crippen molar-refractivity contribution in [3.05, 3.63) is 0 Å². The van der Waals surface area contributed by atoms with E-state index in [-0.39, 0.29) is 18.8 Å². The molecule has 1 saturated heterocycles. The third-order valence-corrected chi connectivity index (χ3v) is 1.97. The summed E-state index contributed by atoms with van der Waals surface area (Å²) in [7, 11) is 1.91. The van der Waals surface area contributed by atoms with Gasteiger partial charge in [0.05, 0.1) is 18.8 Å². The summed E-state index contributed by atoms with van der Waals surface area (Å²) in [6.07, 6.45) is 0.474. The summed E-state index contributed by atoms with van der Waals surface area (Å²) in [6, 6.07) is -0.0231. The Balaban J connectivity index is 2.44. The molecule has 9 heavy (non-hydrogen) atoms. The van der Waals surface area contributed by atoms with Crippen molar-refractivity contribution in [2.45, 2.75) is 18.6 Å². The lowest BCUT2D eigenvalue weighted by atomic mass is 10.2. The van der Waals surface area contributed by atoms with Crippen LogP contribution in [0.25, 0.3) is 0 Å². The van der Waals surface area contributed by atoms with Crippen LogP contribution in [0, 0.1) is 0 Å². The number of aliphatic hydroxyl groups is 2. The molecular formula is C6H13NO2. The zero-order chi connectivity index (χ0) is 6.85. The van der Waals surface area contributed by atoms with E-state index in [1.165, 1.54) is 0 Å². The monoisotopic (exact) mass is 131 g/mol. The highest BCUT2D eigenvalue weighted by molar-refractivity contribution is 4.83. The van der Waals surface area contributed by atoms with Gasteiger partial charge in [0.25, 0.3) is 0 Å². The lowest BCUT2D eigenvalue weighted by molar-refractivity contribution is 0.0822. The molecular weight excluding hydrogens is 118 g/mol. The van der Waals surface area contributed by atoms with Crippen LogP contribution in [0.1, 0.15) is 6.42 Å². The zero-order valence-corrected chi connectivity index (χ0v) is 5.62. The Bertz CT molecular complexity index is 87.1. The molecule has 1 heterocycles. The minimum atomic E-state index is -0.319. The van der Waals surface area contributed by atoms with E-state index in [9.17, 15) is 0 Å². The fraction of sp³-hybridized carbons (Fsp3) is 1.00. The molecule has 0 aromatic heterocycles. The van der Waals surface area contributed by atoms with Gasteiger partial charge in [-0.2, -0.15) is 0 Å². The van der Waals surface area contributed by atoms with E-state index in [4.69, 9.17) is 10.2 Å². The van der Waals surface area contributed by atoms with Crippen molar-refractivity contribution in [3.63, 3.8) is 0 Å². The first-order valence-corrected chi connectivity index (χ1v) is 3.25. The molecule has 2 N–H and O–H groups in total. The Kier molecular flexibility index (Phi) is 2.05. The van der Waals surface area contributed by atoms with Crippen LogP contribution in [0.5, 0.6) is 0 Å². The van der Waals surface area contributed by atoms with Crippen LogP contribution < -0.4 is 0 Å². The smallest absolute Gasteiger partial charge is 0.0729 e. The molecule has 0 aliphatic carbocycles. The maximum absolute atomic E-state index is 9.16. The molecule has 3 heteroatoms.